The molecule has 0 heterocycles. The van der Waals surface area contributed by atoms with Crippen LogP contribution in [0.4, 0.5) is 0 Å². The third-order valence-corrected chi connectivity index (χ3v) is 4.30. The Labute approximate surface area is 104 Å². The Morgan fingerprint density at radius 2 is 1.31 bits per heavy atom. The summed E-state index contributed by atoms with van der Waals surface area (Å²) in [5.41, 5.74) is 0. The molecule has 0 aliphatic carbocycles. The molecule has 0 saturated carbocycles. The maximum atomic E-state index is 2.45. The molecule has 0 bridgehead atoms. The van der Waals surface area contributed by atoms with Crippen molar-refractivity contribution in [3.05, 3.63) is 0 Å². The van der Waals surface area contributed by atoms with Gasteiger partial charge in [-0.1, -0.05) is 86.0 Å². The Morgan fingerprint density at radius 3 is 1.88 bits per heavy atom. The second-order valence-corrected chi connectivity index (χ2v) is 5.89. The summed E-state index contributed by atoms with van der Waals surface area (Å²) in [6.07, 6.45) is 11.3. The fraction of sp³-hybridized carbons (Fsp3) is 1.00. The highest BCUT2D eigenvalue weighted by molar-refractivity contribution is 4.64. The minimum Gasteiger partial charge on any atom is -0.0654 e. The lowest BCUT2D eigenvalue weighted by molar-refractivity contribution is 0.306. The van der Waals surface area contributed by atoms with Crippen LogP contribution in [0.5, 0.6) is 0 Å². The molecule has 0 aromatic rings. The first-order valence-electron chi connectivity index (χ1n) is 7.61. The first kappa shape index (κ1) is 16.0. The maximum absolute atomic E-state index is 2.45. The lowest BCUT2D eigenvalue weighted by Crippen LogP contribution is -2.09. The van der Waals surface area contributed by atoms with Gasteiger partial charge in [0.1, 0.15) is 0 Å². The fourth-order valence-corrected chi connectivity index (χ4v) is 2.21. The van der Waals surface area contributed by atoms with Crippen LogP contribution < -0.4 is 0 Å². The van der Waals surface area contributed by atoms with E-state index in [9.17, 15) is 0 Å². The van der Waals surface area contributed by atoms with E-state index in [1.165, 1.54) is 51.4 Å². The molecule has 0 heteroatoms. The number of hydrogen-bond acceptors (Lipinski definition) is 0. The average molecular weight is 226 g/mol. The predicted octanol–water partition coefficient (Wildman–Crippen LogP) is 6.06. The molecule has 0 aliphatic rings. The third-order valence-electron chi connectivity index (χ3n) is 4.30. The van der Waals surface area contributed by atoms with E-state index in [0.717, 1.165) is 17.8 Å². The Morgan fingerprint density at radius 1 is 0.688 bits per heavy atom. The van der Waals surface area contributed by atoms with Gasteiger partial charge in [-0.15, -0.1) is 0 Å². The van der Waals surface area contributed by atoms with Gasteiger partial charge in [0.25, 0.3) is 0 Å². The lowest BCUT2D eigenvalue weighted by Gasteiger charge is -2.21. The monoisotopic (exact) mass is 226 g/mol. The van der Waals surface area contributed by atoms with Crippen LogP contribution >= 0.6 is 0 Å². The predicted molar refractivity (Wildman–Crippen MR) is 75.8 cm³/mol. The molecule has 3 atom stereocenters. The Kier molecular flexibility index (Phi) is 10.2. The summed E-state index contributed by atoms with van der Waals surface area (Å²) in [4.78, 5) is 0. The number of unbranched alkanes of at least 4 members (excludes halogenated alkanes) is 3. The van der Waals surface area contributed by atoms with Gasteiger partial charge in [0.15, 0.2) is 0 Å². The average Bonchev–Trinajstić information content (AvgIpc) is 2.30. The molecule has 16 heavy (non-hydrogen) atoms. The highest BCUT2D eigenvalue weighted by atomic mass is 14.2. The van der Waals surface area contributed by atoms with Crippen molar-refractivity contribution in [2.24, 2.45) is 17.8 Å². The van der Waals surface area contributed by atoms with E-state index in [1.54, 1.807) is 0 Å². The topological polar surface area (TPSA) is 0 Å². The van der Waals surface area contributed by atoms with Crippen LogP contribution in [0.1, 0.15) is 86.0 Å². The van der Waals surface area contributed by atoms with Crippen LogP contribution in [0.2, 0.25) is 0 Å². The van der Waals surface area contributed by atoms with E-state index in [4.69, 9.17) is 0 Å². The molecular weight excluding hydrogens is 192 g/mol. The molecule has 0 saturated heterocycles. The van der Waals surface area contributed by atoms with Gasteiger partial charge in [-0.2, -0.15) is 0 Å². The third kappa shape index (κ3) is 8.19. The van der Waals surface area contributed by atoms with Crippen LogP contribution in [0.25, 0.3) is 0 Å². The molecule has 0 N–H and O–H groups in total. The highest BCUT2D eigenvalue weighted by Crippen LogP contribution is 2.25. The van der Waals surface area contributed by atoms with Crippen molar-refractivity contribution in [2.75, 3.05) is 0 Å². The van der Waals surface area contributed by atoms with Gasteiger partial charge in [-0.05, 0) is 17.8 Å². The van der Waals surface area contributed by atoms with Gasteiger partial charge in [0.2, 0.25) is 0 Å². The van der Waals surface area contributed by atoms with Gasteiger partial charge in [0, 0.05) is 0 Å². The quantitative estimate of drug-likeness (QED) is 0.397. The summed E-state index contributed by atoms with van der Waals surface area (Å²) in [5, 5.41) is 0. The highest BCUT2D eigenvalue weighted by Gasteiger charge is 2.12. The van der Waals surface area contributed by atoms with E-state index in [-0.39, 0.29) is 0 Å². The Bertz CT molecular complexity index is 139. The molecule has 0 fully saturated rings. The molecule has 0 aliphatic heterocycles. The first-order chi connectivity index (χ1) is 7.61. The summed E-state index contributed by atoms with van der Waals surface area (Å²) in [7, 11) is 0. The van der Waals surface area contributed by atoms with Crippen molar-refractivity contribution in [3.8, 4) is 0 Å². The summed E-state index contributed by atoms with van der Waals surface area (Å²) in [6, 6.07) is 0. The fourth-order valence-electron chi connectivity index (χ4n) is 2.21. The minimum atomic E-state index is 0.926. The Hall–Kier alpha value is 0. The van der Waals surface area contributed by atoms with Crippen LogP contribution in [0, 0.1) is 17.8 Å². The van der Waals surface area contributed by atoms with Crippen molar-refractivity contribution in [3.63, 3.8) is 0 Å². The summed E-state index contributed by atoms with van der Waals surface area (Å²) in [5.74, 6) is 2.78. The van der Waals surface area contributed by atoms with E-state index in [0.29, 0.717) is 0 Å². The van der Waals surface area contributed by atoms with Crippen molar-refractivity contribution >= 4 is 0 Å². The number of hydrogen-bond donors (Lipinski definition) is 0. The number of rotatable bonds is 10. The van der Waals surface area contributed by atoms with E-state index in [1.807, 2.05) is 0 Å². The molecule has 0 rings (SSSR count). The zero-order valence-corrected chi connectivity index (χ0v) is 12.4. The van der Waals surface area contributed by atoms with Crippen LogP contribution in [0.15, 0.2) is 0 Å². The smallest absolute Gasteiger partial charge is 0.0417 e. The second-order valence-electron chi connectivity index (χ2n) is 5.89. The molecule has 0 nitrogen and oxygen atoms in total. The van der Waals surface area contributed by atoms with E-state index < -0.39 is 0 Å². The molecule has 0 aromatic carbocycles. The summed E-state index contributed by atoms with van der Waals surface area (Å²) < 4.78 is 0. The van der Waals surface area contributed by atoms with Crippen LogP contribution in [-0.2, 0) is 0 Å². The largest absolute Gasteiger partial charge is 0.0654 e. The lowest BCUT2D eigenvalue weighted by atomic mass is 9.85. The summed E-state index contributed by atoms with van der Waals surface area (Å²) >= 11 is 0. The maximum Gasteiger partial charge on any atom is -0.0417 e. The van der Waals surface area contributed by atoms with Crippen molar-refractivity contribution in [1.29, 1.82) is 0 Å². The molecule has 0 spiro atoms. The normalized spacial score (nSPS) is 17.1. The second kappa shape index (κ2) is 10.2. The Balaban J connectivity index is 3.52. The molecule has 0 radical (unpaired) electrons. The first-order valence-corrected chi connectivity index (χ1v) is 7.61. The van der Waals surface area contributed by atoms with Gasteiger partial charge < -0.3 is 0 Å². The molecule has 98 valence electrons. The zero-order valence-electron chi connectivity index (χ0n) is 12.4. The zero-order chi connectivity index (χ0) is 12.4. The van der Waals surface area contributed by atoms with Crippen molar-refractivity contribution in [1.82, 2.24) is 0 Å². The van der Waals surface area contributed by atoms with E-state index >= 15 is 0 Å². The molecule has 0 amide bonds. The molecular formula is C16H34. The van der Waals surface area contributed by atoms with Crippen LogP contribution in [0.3, 0.4) is 0 Å². The minimum absolute atomic E-state index is 0.926. The van der Waals surface area contributed by atoms with Crippen molar-refractivity contribution in [2.45, 2.75) is 86.0 Å². The molecule has 0 aromatic heterocycles. The SMILES string of the molecule is CCCCCCC(C)C(C)CCC(C)CC. The summed E-state index contributed by atoms with van der Waals surface area (Å²) in [6.45, 7) is 11.9. The standard InChI is InChI=1S/C16H34/c1-6-8-9-10-11-15(4)16(5)13-12-14(3)7-2/h14-16H,6-13H2,1-5H3. The van der Waals surface area contributed by atoms with Gasteiger partial charge in [-0.25, -0.2) is 0 Å². The van der Waals surface area contributed by atoms with Gasteiger partial charge >= 0.3 is 0 Å². The molecule has 3 unspecified atom stereocenters. The van der Waals surface area contributed by atoms with Crippen molar-refractivity contribution < 1.29 is 0 Å². The van der Waals surface area contributed by atoms with E-state index in [2.05, 4.69) is 34.6 Å². The van der Waals surface area contributed by atoms with Crippen LogP contribution in [-0.4, -0.2) is 0 Å². The van der Waals surface area contributed by atoms with Gasteiger partial charge in [-0.3, -0.25) is 0 Å². The van der Waals surface area contributed by atoms with Gasteiger partial charge in [0.05, 0.1) is 0 Å².